The van der Waals surface area contributed by atoms with Gasteiger partial charge in [-0.2, -0.15) is 0 Å². The van der Waals surface area contributed by atoms with Gasteiger partial charge in [-0.05, 0) is 49.2 Å². The molecule has 2 aliphatic heterocycles. The first-order valence-corrected chi connectivity index (χ1v) is 11.1. The summed E-state index contributed by atoms with van der Waals surface area (Å²) < 4.78 is 16.8. The Morgan fingerprint density at radius 1 is 1.21 bits per heavy atom. The van der Waals surface area contributed by atoms with E-state index in [2.05, 4.69) is 5.32 Å². The molecular weight excluding hydrogens is 448 g/mol. The Balaban J connectivity index is 1.52. The van der Waals surface area contributed by atoms with Gasteiger partial charge in [0.15, 0.2) is 0 Å². The van der Waals surface area contributed by atoms with E-state index in [0.717, 1.165) is 0 Å². The number of methoxy groups -OCH3 is 1. The molecule has 1 fully saturated rings. The van der Waals surface area contributed by atoms with Crippen LogP contribution in [0.2, 0.25) is 5.02 Å². The summed E-state index contributed by atoms with van der Waals surface area (Å²) in [6, 6.07) is 11.4. The van der Waals surface area contributed by atoms with Crippen LogP contribution in [0.4, 0.5) is 5.69 Å². The number of nitrogens with zero attached hydrogens (tertiary/aromatic N) is 1. The van der Waals surface area contributed by atoms with Gasteiger partial charge in [-0.1, -0.05) is 17.7 Å². The van der Waals surface area contributed by atoms with Crippen LogP contribution in [0.3, 0.4) is 0 Å². The molecule has 2 aromatic carbocycles. The Hall–Kier alpha value is -3.10. The average Bonchev–Trinajstić information content (AvgIpc) is 2.81. The number of halogens is 1. The predicted molar refractivity (Wildman–Crippen MR) is 122 cm³/mol. The summed E-state index contributed by atoms with van der Waals surface area (Å²) in [6.07, 6.45) is 0.852. The molecule has 0 saturated carbocycles. The molecule has 2 aromatic rings. The lowest BCUT2D eigenvalue weighted by molar-refractivity contribution is -0.151. The average molecular weight is 473 g/mol. The van der Waals surface area contributed by atoms with Crippen molar-refractivity contribution < 1.29 is 28.6 Å². The van der Waals surface area contributed by atoms with Gasteiger partial charge in [-0.3, -0.25) is 14.4 Å². The number of esters is 1. The number of anilines is 1. The number of rotatable bonds is 4. The zero-order chi connectivity index (χ0) is 23.5. The topological polar surface area (TPSA) is 94.2 Å². The molecule has 0 radical (unpaired) electrons. The van der Waals surface area contributed by atoms with Crippen molar-refractivity contribution in [3.8, 4) is 5.75 Å². The fourth-order valence-corrected chi connectivity index (χ4v) is 4.40. The van der Waals surface area contributed by atoms with Gasteiger partial charge in [0.25, 0.3) is 11.8 Å². The lowest BCUT2D eigenvalue weighted by Gasteiger charge is -2.42. The second-order valence-electron chi connectivity index (χ2n) is 8.12. The van der Waals surface area contributed by atoms with Crippen molar-refractivity contribution in [1.29, 1.82) is 0 Å². The highest BCUT2D eigenvalue weighted by Crippen LogP contribution is 2.32. The highest BCUT2D eigenvalue weighted by Gasteiger charge is 2.39. The highest BCUT2D eigenvalue weighted by atomic mass is 35.5. The maximum atomic E-state index is 13.3. The standard InChI is InChI=1S/C24H25ClN2O6/c1-27-19-8-7-17(12-22(28)31-2)33-21(19)13-32-20-9-6-16(11-18(20)24(27)30)26-23(29)14-4-3-5-15(25)10-14/h3-6,9-11,17,19,21H,7-8,12-13H2,1-2H3,(H,26,29)/t17-,19-,21-/m1/s1. The minimum atomic E-state index is -0.363. The molecule has 174 valence electrons. The first kappa shape index (κ1) is 23.1. The normalized spacial score (nSPS) is 22.2. The molecule has 9 heteroatoms. The van der Waals surface area contributed by atoms with E-state index in [1.807, 2.05) is 0 Å². The third-order valence-electron chi connectivity index (χ3n) is 5.98. The van der Waals surface area contributed by atoms with E-state index in [4.69, 9.17) is 25.8 Å². The van der Waals surface area contributed by atoms with Gasteiger partial charge < -0.3 is 24.4 Å². The molecular formula is C24H25ClN2O6. The SMILES string of the molecule is COC(=O)C[C@H]1CC[C@@H]2[C@@H](COc3ccc(NC(=O)c4cccc(Cl)c4)cc3C(=O)N2C)O1. The van der Waals surface area contributed by atoms with Crippen molar-refractivity contribution in [1.82, 2.24) is 4.90 Å². The van der Waals surface area contributed by atoms with Gasteiger partial charge in [0, 0.05) is 23.3 Å². The van der Waals surface area contributed by atoms with Gasteiger partial charge in [0.2, 0.25) is 0 Å². The molecule has 0 spiro atoms. The number of likely N-dealkylation sites (N-methyl/N-ethyl adjacent to an activating group) is 1. The van der Waals surface area contributed by atoms with Crippen molar-refractivity contribution in [3.05, 3.63) is 58.6 Å². The van der Waals surface area contributed by atoms with Gasteiger partial charge in [0.05, 0.1) is 31.2 Å². The van der Waals surface area contributed by atoms with Gasteiger partial charge in [-0.15, -0.1) is 0 Å². The minimum Gasteiger partial charge on any atom is -0.490 e. The fraction of sp³-hybridized carbons (Fsp3) is 0.375. The first-order chi connectivity index (χ1) is 15.9. The van der Waals surface area contributed by atoms with Crippen LogP contribution in [-0.2, 0) is 14.3 Å². The van der Waals surface area contributed by atoms with Crippen LogP contribution in [0.15, 0.2) is 42.5 Å². The van der Waals surface area contributed by atoms with E-state index >= 15 is 0 Å². The summed E-state index contributed by atoms with van der Waals surface area (Å²) in [5, 5.41) is 3.26. The van der Waals surface area contributed by atoms with Crippen LogP contribution in [0.25, 0.3) is 0 Å². The quantitative estimate of drug-likeness (QED) is 0.684. The summed E-state index contributed by atoms with van der Waals surface area (Å²) in [5.74, 6) is -0.479. The summed E-state index contributed by atoms with van der Waals surface area (Å²) >= 11 is 5.97. The Labute approximate surface area is 196 Å². The maximum Gasteiger partial charge on any atom is 0.308 e. The van der Waals surface area contributed by atoms with Gasteiger partial charge in [0.1, 0.15) is 18.5 Å². The first-order valence-electron chi connectivity index (χ1n) is 10.7. The van der Waals surface area contributed by atoms with Crippen molar-refractivity contribution in [3.63, 3.8) is 0 Å². The molecule has 0 bridgehead atoms. The molecule has 0 aliphatic carbocycles. The Morgan fingerprint density at radius 3 is 2.79 bits per heavy atom. The van der Waals surface area contributed by atoms with Crippen molar-refractivity contribution in [2.45, 2.75) is 37.5 Å². The van der Waals surface area contributed by atoms with Crippen LogP contribution >= 0.6 is 11.6 Å². The molecule has 2 aliphatic rings. The number of carbonyl (C=O) groups is 3. The highest BCUT2D eigenvalue weighted by molar-refractivity contribution is 6.31. The molecule has 4 rings (SSSR count). The number of hydrogen-bond donors (Lipinski definition) is 1. The number of hydrogen-bond acceptors (Lipinski definition) is 6. The van der Waals surface area contributed by atoms with Crippen LogP contribution < -0.4 is 10.1 Å². The lowest BCUT2D eigenvalue weighted by atomic mass is 9.94. The molecule has 0 unspecified atom stereocenters. The van der Waals surface area contributed by atoms with Gasteiger partial charge >= 0.3 is 5.97 Å². The summed E-state index contributed by atoms with van der Waals surface area (Å²) in [7, 11) is 3.08. The molecule has 2 heterocycles. The number of benzene rings is 2. The van der Waals surface area contributed by atoms with E-state index in [1.165, 1.54) is 7.11 Å². The van der Waals surface area contributed by atoms with Crippen LogP contribution in [0, 0.1) is 0 Å². The Kier molecular flexibility index (Phi) is 6.85. The number of fused-ring (bicyclic) bond motifs is 2. The molecule has 1 saturated heterocycles. The zero-order valence-corrected chi connectivity index (χ0v) is 19.1. The maximum absolute atomic E-state index is 13.3. The lowest BCUT2D eigenvalue weighted by Crippen LogP contribution is -2.53. The second kappa shape index (κ2) is 9.80. The van der Waals surface area contributed by atoms with Crippen molar-refractivity contribution in [2.75, 3.05) is 26.1 Å². The van der Waals surface area contributed by atoms with Crippen LogP contribution in [-0.4, -0.2) is 61.7 Å². The molecule has 2 amide bonds. The third kappa shape index (κ3) is 5.12. The summed E-state index contributed by atoms with van der Waals surface area (Å²) in [5.41, 5.74) is 1.24. The minimum absolute atomic E-state index is 0.170. The van der Waals surface area contributed by atoms with Crippen molar-refractivity contribution in [2.24, 2.45) is 0 Å². The van der Waals surface area contributed by atoms with E-state index in [1.54, 1.807) is 54.4 Å². The van der Waals surface area contributed by atoms with E-state index in [-0.39, 0.29) is 49.1 Å². The van der Waals surface area contributed by atoms with Crippen LogP contribution in [0.1, 0.15) is 40.0 Å². The van der Waals surface area contributed by atoms with E-state index in [0.29, 0.717) is 40.4 Å². The number of nitrogens with one attached hydrogen (secondary N) is 1. The Bertz CT molecular complexity index is 1070. The molecule has 3 atom stereocenters. The molecule has 8 nitrogen and oxygen atoms in total. The molecule has 33 heavy (non-hydrogen) atoms. The molecule has 1 N–H and O–H groups in total. The predicted octanol–water partition coefficient (Wildman–Crippen LogP) is 3.54. The number of carbonyl (C=O) groups excluding carboxylic acids is 3. The molecule has 0 aromatic heterocycles. The largest absolute Gasteiger partial charge is 0.490 e. The third-order valence-corrected chi connectivity index (χ3v) is 6.21. The summed E-state index contributed by atoms with van der Waals surface area (Å²) in [4.78, 5) is 39.1. The van der Waals surface area contributed by atoms with E-state index in [9.17, 15) is 14.4 Å². The number of ether oxygens (including phenoxy) is 3. The fourth-order valence-electron chi connectivity index (χ4n) is 4.21. The Morgan fingerprint density at radius 2 is 2.03 bits per heavy atom. The monoisotopic (exact) mass is 472 g/mol. The number of amides is 2. The van der Waals surface area contributed by atoms with Crippen molar-refractivity contribution >= 4 is 35.1 Å². The smallest absolute Gasteiger partial charge is 0.308 e. The zero-order valence-electron chi connectivity index (χ0n) is 18.4. The van der Waals surface area contributed by atoms with Crippen LogP contribution in [0.5, 0.6) is 5.75 Å². The second-order valence-corrected chi connectivity index (χ2v) is 8.56. The summed E-state index contributed by atoms with van der Waals surface area (Å²) in [6.45, 7) is 0.237. The van der Waals surface area contributed by atoms with Gasteiger partial charge in [-0.25, -0.2) is 0 Å². The van der Waals surface area contributed by atoms with E-state index < -0.39 is 0 Å².